The van der Waals surface area contributed by atoms with Crippen LogP contribution in [0.1, 0.15) is 35.5 Å². The predicted octanol–water partition coefficient (Wildman–Crippen LogP) is 2.43. The lowest BCUT2D eigenvalue weighted by Crippen LogP contribution is -2.34. The molecular formula is C15H20N2O5S. The summed E-state index contributed by atoms with van der Waals surface area (Å²) in [6, 6.07) is 1.34. The van der Waals surface area contributed by atoms with Crippen molar-refractivity contribution in [2.24, 2.45) is 5.92 Å². The number of anilines is 1. The summed E-state index contributed by atoms with van der Waals surface area (Å²) in [7, 11) is 0. The minimum atomic E-state index is -0.892. The van der Waals surface area contributed by atoms with Crippen LogP contribution in [0, 0.1) is 5.92 Å². The molecule has 1 aromatic heterocycles. The molecule has 126 valence electrons. The molecule has 1 aliphatic rings. The van der Waals surface area contributed by atoms with Gasteiger partial charge in [0.15, 0.2) is 0 Å². The first-order valence-corrected chi connectivity index (χ1v) is 8.36. The first-order chi connectivity index (χ1) is 11.0. The SMILES string of the molecule is CCOC(=O)c1cc(CC)sc1NC(=O)N1CCC(C(=O)O)C1. The molecule has 2 heterocycles. The van der Waals surface area contributed by atoms with Crippen molar-refractivity contribution in [3.8, 4) is 0 Å². The number of hydrogen-bond donors (Lipinski definition) is 2. The van der Waals surface area contributed by atoms with E-state index >= 15 is 0 Å². The molecule has 0 aliphatic carbocycles. The predicted molar refractivity (Wildman–Crippen MR) is 86.0 cm³/mol. The third-order valence-electron chi connectivity index (χ3n) is 3.67. The number of aliphatic carboxylic acids is 1. The molecule has 0 radical (unpaired) electrons. The molecule has 1 saturated heterocycles. The number of aryl methyl sites for hydroxylation is 1. The first-order valence-electron chi connectivity index (χ1n) is 7.54. The highest BCUT2D eigenvalue weighted by Gasteiger charge is 2.31. The van der Waals surface area contributed by atoms with Crippen LogP contribution < -0.4 is 5.32 Å². The Morgan fingerprint density at radius 3 is 2.74 bits per heavy atom. The van der Waals surface area contributed by atoms with E-state index in [0.717, 1.165) is 11.3 Å². The van der Waals surface area contributed by atoms with Gasteiger partial charge in [-0.05, 0) is 25.8 Å². The van der Waals surface area contributed by atoms with Gasteiger partial charge in [-0.3, -0.25) is 10.1 Å². The number of nitrogens with one attached hydrogen (secondary N) is 1. The average molecular weight is 340 g/mol. The number of ether oxygens (including phenoxy) is 1. The number of carboxylic acids is 1. The van der Waals surface area contributed by atoms with Gasteiger partial charge in [0, 0.05) is 18.0 Å². The van der Waals surface area contributed by atoms with Crippen molar-refractivity contribution in [2.75, 3.05) is 25.0 Å². The number of urea groups is 1. The summed E-state index contributed by atoms with van der Waals surface area (Å²) in [5.41, 5.74) is 0.344. The highest BCUT2D eigenvalue weighted by Crippen LogP contribution is 2.30. The Bertz CT molecular complexity index is 613. The normalized spacial score (nSPS) is 17.1. The molecule has 1 unspecified atom stereocenters. The van der Waals surface area contributed by atoms with E-state index in [9.17, 15) is 14.4 Å². The fourth-order valence-corrected chi connectivity index (χ4v) is 3.37. The Labute approximate surface area is 138 Å². The van der Waals surface area contributed by atoms with Gasteiger partial charge in [0.2, 0.25) is 0 Å². The number of carbonyl (C=O) groups excluding carboxylic acids is 2. The van der Waals surface area contributed by atoms with Crippen LogP contribution in [0.2, 0.25) is 0 Å². The Kier molecular flexibility index (Phi) is 5.59. The maximum Gasteiger partial charge on any atom is 0.341 e. The van der Waals surface area contributed by atoms with Crippen LogP contribution in [0.4, 0.5) is 9.80 Å². The third-order valence-corrected chi connectivity index (χ3v) is 4.87. The molecule has 0 bridgehead atoms. The van der Waals surface area contributed by atoms with E-state index in [1.807, 2.05) is 6.92 Å². The van der Waals surface area contributed by atoms with Gasteiger partial charge in [-0.1, -0.05) is 6.92 Å². The number of nitrogens with zero attached hydrogens (tertiary/aromatic N) is 1. The third kappa shape index (κ3) is 4.01. The number of esters is 1. The molecule has 8 heteroatoms. The van der Waals surface area contributed by atoms with E-state index in [1.54, 1.807) is 13.0 Å². The monoisotopic (exact) mass is 340 g/mol. The van der Waals surface area contributed by atoms with E-state index < -0.39 is 17.9 Å². The fourth-order valence-electron chi connectivity index (χ4n) is 2.39. The summed E-state index contributed by atoms with van der Waals surface area (Å²) < 4.78 is 5.01. The van der Waals surface area contributed by atoms with Crippen molar-refractivity contribution in [3.63, 3.8) is 0 Å². The molecule has 1 aromatic rings. The molecule has 7 nitrogen and oxygen atoms in total. The largest absolute Gasteiger partial charge is 0.481 e. The van der Waals surface area contributed by atoms with Crippen LogP contribution in [-0.2, 0) is 16.0 Å². The summed E-state index contributed by atoms with van der Waals surface area (Å²) in [5, 5.41) is 12.2. The van der Waals surface area contributed by atoms with Crippen LogP contribution in [-0.4, -0.2) is 47.7 Å². The second kappa shape index (κ2) is 7.45. The quantitative estimate of drug-likeness (QED) is 0.803. The highest BCUT2D eigenvalue weighted by molar-refractivity contribution is 7.16. The van der Waals surface area contributed by atoms with Gasteiger partial charge in [-0.25, -0.2) is 9.59 Å². The Morgan fingerprint density at radius 2 is 2.17 bits per heavy atom. The zero-order valence-electron chi connectivity index (χ0n) is 13.1. The summed E-state index contributed by atoms with van der Waals surface area (Å²) in [6.45, 7) is 4.52. The first kappa shape index (κ1) is 17.3. The lowest BCUT2D eigenvalue weighted by atomic mass is 10.1. The minimum Gasteiger partial charge on any atom is -0.481 e. The van der Waals surface area contributed by atoms with Crippen LogP contribution >= 0.6 is 11.3 Å². The van der Waals surface area contributed by atoms with Crippen LogP contribution in [0.15, 0.2) is 6.07 Å². The van der Waals surface area contributed by atoms with Gasteiger partial charge in [-0.2, -0.15) is 0 Å². The summed E-state index contributed by atoms with van der Waals surface area (Å²) >= 11 is 1.33. The number of thiophene rings is 1. The zero-order chi connectivity index (χ0) is 17.0. The Hall–Kier alpha value is -2.09. The van der Waals surface area contributed by atoms with E-state index in [0.29, 0.717) is 23.5 Å². The van der Waals surface area contributed by atoms with E-state index in [1.165, 1.54) is 16.2 Å². The summed E-state index contributed by atoms with van der Waals surface area (Å²) in [4.78, 5) is 37.7. The van der Waals surface area contributed by atoms with Crippen molar-refractivity contribution in [3.05, 3.63) is 16.5 Å². The van der Waals surface area contributed by atoms with Gasteiger partial charge in [-0.15, -0.1) is 11.3 Å². The molecule has 2 N–H and O–H groups in total. The average Bonchev–Trinajstić information content (AvgIpc) is 3.14. The molecule has 0 spiro atoms. The van der Waals surface area contributed by atoms with Crippen molar-refractivity contribution >= 4 is 34.3 Å². The van der Waals surface area contributed by atoms with Crippen LogP contribution in [0.5, 0.6) is 0 Å². The number of likely N-dealkylation sites (tertiary alicyclic amines) is 1. The molecule has 23 heavy (non-hydrogen) atoms. The molecule has 2 amide bonds. The molecule has 0 saturated carbocycles. The highest BCUT2D eigenvalue weighted by atomic mass is 32.1. The number of hydrogen-bond acceptors (Lipinski definition) is 5. The van der Waals surface area contributed by atoms with Gasteiger partial charge >= 0.3 is 18.0 Å². The summed E-state index contributed by atoms with van der Waals surface area (Å²) in [5.74, 6) is -1.89. The number of carbonyl (C=O) groups is 3. The number of carboxylic acid groups (broad SMARTS) is 1. The zero-order valence-corrected chi connectivity index (χ0v) is 13.9. The maximum absolute atomic E-state index is 12.3. The fraction of sp³-hybridized carbons (Fsp3) is 0.533. The van der Waals surface area contributed by atoms with Crippen LogP contribution in [0.25, 0.3) is 0 Å². The second-order valence-corrected chi connectivity index (χ2v) is 6.37. The van der Waals surface area contributed by atoms with E-state index in [2.05, 4.69) is 5.32 Å². The van der Waals surface area contributed by atoms with Gasteiger partial charge < -0.3 is 14.7 Å². The second-order valence-electron chi connectivity index (χ2n) is 5.23. The number of rotatable bonds is 5. The Balaban J connectivity index is 2.10. The van der Waals surface area contributed by atoms with Crippen molar-refractivity contribution in [1.82, 2.24) is 4.90 Å². The maximum atomic E-state index is 12.3. The van der Waals surface area contributed by atoms with Crippen LogP contribution in [0.3, 0.4) is 0 Å². The molecule has 1 fully saturated rings. The smallest absolute Gasteiger partial charge is 0.341 e. The van der Waals surface area contributed by atoms with E-state index in [-0.39, 0.29) is 19.2 Å². The topological polar surface area (TPSA) is 95.9 Å². The molecular weight excluding hydrogens is 320 g/mol. The lowest BCUT2D eigenvalue weighted by molar-refractivity contribution is -0.141. The van der Waals surface area contributed by atoms with Gasteiger partial charge in [0.1, 0.15) is 5.00 Å². The van der Waals surface area contributed by atoms with Crippen molar-refractivity contribution in [1.29, 1.82) is 0 Å². The summed E-state index contributed by atoms with van der Waals surface area (Å²) in [6.07, 6.45) is 1.19. The molecule has 1 aliphatic heterocycles. The van der Waals surface area contributed by atoms with Crippen molar-refractivity contribution < 1.29 is 24.2 Å². The van der Waals surface area contributed by atoms with Gasteiger partial charge in [0.05, 0.1) is 18.1 Å². The molecule has 0 aromatic carbocycles. The molecule has 1 atom stereocenters. The minimum absolute atomic E-state index is 0.182. The molecule has 2 rings (SSSR count). The Morgan fingerprint density at radius 1 is 1.43 bits per heavy atom. The number of amides is 2. The van der Waals surface area contributed by atoms with Crippen molar-refractivity contribution in [2.45, 2.75) is 26.7 Å². The lowest BCUT2D eigenvalue weighted by Gasteiger charge is -2.16. The van der Waals surface area contributed by atoms with E-state index in [4.69, 9.17) is 9.84 Å². The van der Waals surface area contributed by atoms with Gasteiger partial charge in [0.25, 0.3) is 0 Å². The standard InChI is InChI=1S/C15H20N2O5S/c1-3-10-7-11(14(20)22-4-2)12(23-10)16-15(21)17-6-5-9(8-17)13(18)19/h7,9H,3-6,8H2,1-2H3,(H,16,21)(H,18,19).